The molecule has 0 aromatic heterocycles. The molecule has 1 aliphatic carbocycles. The molecule has 0 radical (unpaired) electrons. The highest BCUT2D eigenvalue weighted by molar-refractivity contribution is 5.87. The Morgan fingerprint density at radius 3 is 2.65 bits per heavy atom. The molecule has 2 atom stereocenters. The van der Waals surface area contributed by atoms with Gasteiger partial charge >= 0.3 is 5.97 Å². The summed E-state index contributed by atoms with van der Waals surface area (Å²) in [6, 6.07) is 10.2. The standard InChI is InChI=1S/C17H23NO2/c1-2-20-16(19)17(14-8-4-3-5-9-14)12-15(17)13-18-10-6-7-11-18/h3-5,8-9,15H,2,6-7,10-13H2,1H3/t15?,17-/m1/s1. The van der Waals surface area contributed by atoms with Gasteiger partial charge in [0.15, 0.2) is 0 Å². The molecular formula is C17H23NO2. The van der Waals surface area contributed by atoms with Crippen LogP contribution in [0.15, 0.2) is 30.3 Å². The van der Waals surface area contributed by atoms with E-state index in [4.69, 9.17) is 4.74 Å². The SMILES string of the molecule is CCOC(=O)[C@@]1(c2ccccc2)CC1CN1CCCC1. The van der Waals surface area contributed by atoms with Crippen LogP contribution in [0.2, 0.25) is 0 Å². The number of benzene rings is 1. The zero-order valence-electron chi connectivity index (χ0n) is 12.2. The molecule has 1 saturated heterocycles. The van der Waals surface area contributed by atoms with Gasteiger partial charge in [0.05, 0.1) is 12.0 Å². The van der Waals surface area contributed by atoms with E-state index in [0.29, 0.717) is 12.5 Å². The molecule has 20 heavy (non-hydrogen) atoms. The Bertz CT molecular complexity index is 467. The van der Waals surface area contributed by atoms with Crippen molar-refractivity contribution < 1.29 is 9.53 Å². The third-order valence-corrected chi connectivity index (χ3v) is 4.71. The summed E-state index contributed by atoms with van der Waals surface area (Å²) in [4.78, 5) is 15.0. The normalized spacial score (nSPS) is 29.4. The highest BCUT2D eigenvalue weighted by Crippen LogP contribution is 2.55. The van der Waals surface area contributed by atoms with Gasteiger partial charge in [-0.2, -0.15) is 0 Å². The first kappa shape index (κ1) is 13.6. The molecule has 1 heterocycles. The maximum absolute atomic E-state index is 12.5. The van der Waals surface area contributed by atoms with Crippen molar-refractivity contribution in [3.63, 3.8) is 0 Å². The number of nitrogens with zero attached hydrogens (tertiary/aromatic N) is 1. The molecule has 2 aliphatic rings. The summed E-state index contributed by atoms with van der Waals surface area (Å²) in [5.41, 5.74) is 0.752. The molecule has 1 aliphatic heterocycles. The first-order chi connectivity index (χ1) is 9.77. The zero-order valence-corrected chi connectivity index (χ0v) is 12.2. The third-order valence-electron chi connectivity index (χ3n) is 4.71. The summed E-state index contributed by atoms with van der Waals surface area (Å²) in [6.07, 6.45) is 3.53. The van der Waals surface area contributed by atoms with Crippen LogP contribution in [0.3, 0.4) is 0 Å². The number of rotatable bonds is 5. The van der Waals surface area contributed by atoms with Gasteiger partial charge in [0, 0.05) is 6.54 Å². The summed E-state index contributed by atoms with van der Waals surface area (Å²) in [7, 11) is 0. The van der Waals surface area contributed by atoms with E-state index < -0.39 is 0 Å². The van der Waals surface area contributed by atoms with Crippen LogP contribution >= 0.6 is 0 Å². The van der Waals surface area contributed by atoms with Crippen LogP contribution in [0, 0.1) is 5.92 Å². The average molecular weight is 273 g/mol. The van der Waals surface area contributed by atoms with Crippen molar-refractivity contribution in [2.75, 3.05) is 26.2 Å². The molecular weight excluding hydrogens is 250 g/mol. The van der Waals surface area contributed by atoms with Gasteiger partial charge in [-0.25, -0.2) is 0 Å². The number of carbonyl (C=O) groups excluding carboxylic acids is 1. The van der Waals surface area contributed by atoms with E-state index in [1.54, 1.807) is 0 Å². The second-order valence-corrected chi connectivity index (χ2v) is 5.97. The first-order valence-electron chi connectivity index (χ1n) is 7.72. The molecule has 1 aromatic rings. The first-order valence-corrected chi connectivity index (χ1v) is 7.72. The fourth-order valence-electron chi connectivity index (χ4n) is 3.54. The van der Waals surface area contributed by atoms with E-state index in [1.165, 1.54) is 25.9 Å². The second kappa shape index (κ2) is 5.57. The fourth-order valence-corrected chi connectivity index (χ4v) is 3.54. The lowest BCUT2D eigenvalue weighted by molar-refractivity contribution is -0.146. The molecule has 1 saturated carbocycles. The van der Waals surface area contributed by atoms with Gasteiger partial charge in [-0.3, -0.25) is 4.79 Å². The van der Waals surface area contributed by atoms with Crippen molar-refractivity contribution in [2.24, 2.45) is 5.92 Å². The summed E-state index contributed by atoms with van der Waals surface area (Å²) >= 11 is 0. The fraction of sp³-hybridized carbons (Fsp3) is 0.588. The number of hydrogen-bond acceptors (Lipinski definition) is 3. The van der Waals surface area contributed by atoms with E-state index in [1.807, 2.05) is 25.1 Å². The summed E-state index contributed by atoms with van der Waals surface area (Å²) in [5.74, 6) is 0.387. The maximum Gasteiger partial charge on any atom is 0.316 e. The largest absolute Gasteiger partial charge is 0.465 e. The van der Waals surface area contributed by atoms with Gasteiger partial charge in [0.2, 0.25) is 0 Å². The van der Waals surface area contributed by atoms with Gasteiger partial charge in [-0.05, 0) is 50.8 Å². The molecule has 3 nitrogen and oxygen atoms in total. The van der Waals surface area contributed by atoms with E-state index in [2.05, 4.69) is 17.0 Å². The van der Waals surface area contributed by atoms with E-state index in [-0.39, 0.29) is 11.4 Å². The highest BCUT2D eigenvalue weighted by Gasteiger charge is 2.62. The third kappa shape index (κ3) is 2.35. The Hall–Kier alpha value is -1.35. The second-order valence-electron chi connectivity index (χ2n) is 5.97. The van der Waals surface area contributed by atoms with Crippen LogP contribution < -0.4 is 0 Å². The molecule has 1 aromatic carbocycles. The molecule has 3 rings (SSSR count). The van der Waals surface area contributed by atoms with Crippen molar-refractivity contribution >= 4 is 5.97 Å². The number of ether oxygens (including phenoxy) is 1. The molecule has 0 N–H and O–H groups in total. The Kier molecular flexibility index (Phi) is 3.79. The Morgan fingerprint density at radius 2 is 2.00 bits per heavy atom. The van der Waals surface area contributed by atoms with Crippen LogP contribution in [0.1, 0.15) is 31.7 Å². The summed E-state index contributed by atoms with van der Waals surface area (Å²) in [6.45, 7) is 5.75. The number of likely N-dealkylation sites (tertiary alicyclic amines) is 1. The van der Waals surface area contributed by atoms with Gasteiger partial charge in [0.25, 0.3) is 0 Å². The molecule has 1 unspecified atom stereocenters. The quantitative estimate of drug-likeness (QED) is 0.772. The van der Waals surface area contributed by atoms with Crippen LogP contribution in [0.4, 0.5) is 0 Å². The predicted octanol–water partition coefficient (Wildman–Crippen LogP) is 2.60. The molecule has 2 fully saturated rings. The van der Waals surface area contributed by atoms with Crippen molar-refractivity contribution in [2.45, 2.75) is 31.6 Å². The van der Waals surface area contributed by atoms with E-state index in [9.17, 15) is 4.79 Å². The number of carbonyl (C=O) groups is 1. The van der Waals surface area contributed by atoms with Gasteiger partial charge in [-0.15, -0.1) is 0 Å². The molecule has 0 spiro atoms. The smallest absolute Gasteiger partial charge is 0.316 e. The lowest BCUT2D eigenvalue weighted by atomic mass is 9.93. The minimum Gasteiger partial charge on any atom is -0.465 e. The van der Waals surface area contributed by atoms with Crippen LogP contribution in [0.25, 0.3) is 0 Å². The maximum atomic E-state index is 12.5. The van der Waals surface area contributed by atoms with E-state index >= 15 is 0 Å². The van der Waals surface area contributed by atoms with Crippen molar-refractivity contribution in [3.8, 4) is 0 Å². The minimum atomic E-state index is -0.375. The Morgan fingerprint density at radius 1 is 1.30 bits per heavy atom. The number of hydrogen-bond donors (Lipinski definition) is 0. The van der Waals surface area contributed by atoms with Crippen LogP contribution in [0.5, 0.6) is 0 Å². The predicted molar refractivity (Wildman–Crippen MR) is 78.5 cm³/mol. The number of esters is 1. The van der Waals surface area contributed by atoms with Crippen molar-refractivity contribution in [3.05, 3.63) is 35.9 Å². The monoisotopic (exact) mass is 273 g/mol. The average Bonchev–Trinajstić information content (AvgIpc) is 2.95. The topological polar surface area (TPSA) is 29.5 Å². The van der Waals surface area contributed by atoms with Gasteiger partial charge in [0.1, 0.15) is 0 Å². The van der Waals surface area contributed by atoms with Gasteiger partial charge < -0.3 is 9.64 Å². The van der Waals surface area contributed by atoms with Crippen LogP contribution in [-0.2, 0) is 14.9 Å². The molecule has 0 amide bonds. The summed E-state index contributed by atoms with van der Waals surface area (Å²) < 4.78 is 5.36. The van der Waals surface area contributed by atoms with E-state index in [0.717, 1.165) is 18.5 Å². The molecule has 3 heteroatoms. The highest BCUT2D eigenvalue weighted by atomic mass is 16.5. The molecule has 0 bridgehead atoms. The minimum absolute atomic E-state index is 0.0320. The van der Waals surface area contributed by atoms with Gasteiger partial charge in [-0.1, -0.05) is 30.3 Å². The Labute approximate surface area is 120 Å². The van der Waals surface area contributed by atoms with Crippen LogP contribution in [-0.4, -0.2) is 37.1 Å². The molecule has 108 valence electrons. The lowest BCUT2D eigenvalue weighted by Gasteiger charge is -2.20. The lowest BCUT2D eigenvalue weighted by Crippen LogP contribution is -2.30. The van der Waals surface area contributed by atoms with Crippen molar-refractivity contribution in [1.82, 2.24) is 4.90 Å². The zero-order chi connectivity index (χ0) is 14.0. The Balaban J connectivity index is 1.78. The van der Waals surface area contributed by atoms with Crippen molar-refractivity contribution in [1.29, 1.82) is 0 Å². The summed E-state index contributed by atoms with van der Waals surface area (Å²) in [5, 5.41) is 0.